The van der Waals surface area contributed by atoms with E-state index in [4.69, 9.17) is 15.5 Å². The summed E-state index contributed by atoms with van der Waals surface area (Å²) in [7, 11) is -1.35. The molecule has 0 unspecified atom stereocenters. The van der Waals surface area contributed by atoms with Gasteiger partial charge in [-0.25, -0.2) is 14.5 Å². The zero-order valence-electron chi connectivity index (χ0n) is 13.1. The van der Waals surface area contributed by atoms with E-state index < -0.39 is 19.0 Å². The van der Waals surface area contributed by atoms with Gasteiger partial charge in [-0.1, -0.05) is 12.1 Å². The van der Waals surface area contributed by atoms with Crippen LogP contribution < -0.4 is 15.7 Å². The van der Waals surface area contributed by atoms with Gasteiger partial charge in [0.2, 0.25) is 5.91 Å². The summed E-state index contributed by atoms with van der Waals surface area (Å²) < 4.78 is 6.66. The number of nitrogens with two attached hydrogens (primary N) is 1. The molecule has 10 nitrogen and oxygen atoms in total. The third kappa shape index (κ3) is 3.62. The molecule has 1 amide bonds. The van der Waals surface area contributed by atoms with Crippen LogP contribution in [-0.4, -0.2) is 49.8 Å². The number of benzene rings is 1. The summed E-state index contributed by atoms with van der Waals surface area (Å²) in [5, 5.41) is 25.9. The quantitative estimate of drug-likeness (QED) is 0.482. The van der Waals surface area contributed by atoms with E-state index >= 15 is 0 Å². The second-order valence-corrected chi connectivity index (χ2v) is 5.55. The number of para-hydroxylation sites is 1. The molecule has 11 heteroatoms. The number of nitrogens with one attached hydrogen (secondary N) is 1. The molecule has 1 aliphatic heterocycles. The molecular weight excluding hydrogens is 329 g/mol. The van der Waals surface area contributed by atoms with Gasteiger partial charge in [0.05, 0.1) is 18.0 Å². The van der Waals surface area contributed by atoms with Crippen molar-refractivity contribution in [2.45, 2.75) is 25.5 Å². The number of rotatable bonds is 5. The van der Waals surface area contributed by atoms with E-state index in [1.54, 1.807) is 12.1 Å². The lowest BCUT2D eigenvalue weighted by Gasteiger charge is -2.28. The normalized spacial score (nSPS) is 16.1. The highest BCUT2D eigenvalue weighted by Gasteiger charge is 2.37. The summed E-state index contributed by atoms with van der Waals surface area (Å²) in [6.45, 7) is 0.0880. The lowest BCUT2D eigenvalue weighted by molar-refractivity contribution is -0.122. The molecule has 5 N–H and O–H groups in total. The number of carbonyl (C=O) groups is 2. The second kappa shape index (κ2) is 6.91. The number of aromatic nitrogens is 3. The Bertz CT molecular complexity index is 811. The van der Waals surface area contributed by atoms with Crippen LogP contribution in [-0.2, 0) is 24.3 Å². The molecule has 2 aromatic rings. The summed E-state index contributed by atoms with van der Waals surface area (Å²) in [4.78, 5) is 27.3. The first-order chi connectivity index (χ1) is 12.0. The van der Waals surface area contributed by atoms with Crippen LogP contribution in [0.5, 0.6) is 5.75 Å². The first-order valence-electron chi connectivity index (χ1n) is 7.55. The van der Waals surface area contributed by atoms with E-state index in [1.807, 2.05) is 0 Å². The van der Waals surface area contributed by atoms with Crippen LogP contribution in [0.15, 0.2) is 24.5 Å². The molecular formula is C14H16BN5O5. The number of amides is 1. The van der Waals surface area contributed by atoms with Crippen molar-refractivity contribution >= 4 is 19.0 Å². The Hall–Kier alpha value is -2.92. The van der Waals surface area contributed by atoms with Crippen LogP contribution >= 0.6 is 0 Å². The minimum atomic E-state index is -1.35. The maximum Gasteiger partial charge on any atom is 0.547 e. The summed E-state index contributed by atoms with van der Waals surface area (Å²) in [6.07, 6.45) is 1.64. The standard InChI is InChI=1S/C14H16BN5O5/c16-5-11-17-7-20(19-11)6-12(21)18-10-4-8-2-1-3-9(14(22)23)13(8)25-15(10)24/h1-3,7,10,24H,4-6,16H2,(H,18,21)(H,22,23)/t10-/m0/s1. The number of nitrogens with zero attached hydrogens (tertiary/aromatic N) is 3. The van der Waals surface area contributed by atoms with Gasteiger partial charge in [-0.2, -0.15) is 5.10 Å². The lowest BCUT2D eigenvalue weighted by Crippen LogP contribution is -2.53. The highest BCUT2D eigenvalue weighted by molar-refractivity contribution is 6.47. The molecule has 0 fully saturated rings. The SMILES string of the molecule is NCc1ncn(CC(=O)N[C@H]2Cc3cccc(C(=O)O)c3OB2O)n1. The van der Waals surface area contributed by atoms with Crippen LogP contribution in [0.25, 0.3) is 0 Å². The van der Waals surface area contributed by atoms with E-state index in [-0.39, 0.29) is 36.7 Å². The van der Waals surface area contributed by atoms with E-state index in [1.165, 1.54) is 17.1 Å². The first-order valence-corrected chi connectivity index (χ1v) is 7.55. The topological polar surface area (TPSA) is 153 Å². The molecule has 0 aliphatic carbocycles. The maximum absolute atomic E-state index is 12.1. The maximum atomic E-state index is 12.1. The Morgan fingerprint density at radius 2 is 2.28 bits per heavy atom. The van der Waals surface area contributed by atoms with Crippen molar-refractivity contribution in [3.8, 4) is 5.75 Å². The molecule has 25 heavy (non-hydrogen) atoms. The zero-order chi connectivity index (χ0) is 18.0. The minimum Gasteiger partial charge on any atom is -0.534 e. The molecule has 0 saturated heterocycles. The number of carbonyl (C=O) groups excluding carboxylic acids is 1. The highest BCUT2D eigenvalue weighted by Crippen LogP contribution is 2.30. The van der Waals surface area contributed by atoms with E-state index in [0.717, 1.165) is 0 Å². The molecule has 1 atom stereocenters. The van der Waals surface area contributed by atoms with Crippen molar-refractivity contribution in [2.75, 3.05) is 0 Å². The Labute approximate surface area is 142 Å². The fourth-order valence-electron chi connectivity index (χ4n) is 2.62. The predicted octanol–water partition coefficient (Wildman–Crippen LogP) is -1.43. The molecule has 0 radical (unpaired) electrons. The van der Waals surface area contributed by atoms with Gasteiger partial charge in [0, 0.05) is 0 Å². The van der Waals surface area contributed by atoms with Crippen molar-refractivity contribution in [1.29, 1.82) is 0 Å². The smallest absolute Gasteiger partial charge is 0.534 e. The van der Waals surface area contributed by atoms with Crippen LogP contribution in [0.3, 0.4) is 0 Å². The Morgan fingerprint density at radius 3 is 2.96 bits per heavy atom. The zero-order valence-corrected chi connectivity index (χ0v) is 13.1. The fourth-order valence-corrected chi connectivity index (χ4v) is 2.62. The van der Waals surface area contributed by atoms with Gasteiger partial charge in [-0.3, -0.25) is 4.79 Å². The molecule has 1 aromatic carbocycles. The molecule has 1 aromatic heterocycles. The van der Waals surface area contributed by atoms with E-state index in [2.05, 4.69) is 15.4 Å². The summed E-state index contributed by atoms with van der Waals surface area (Å²) in [6, 6.07) is 4.68. The minimum absolute atomic E-state index is 0.0294. The van der Waals surface area contributed by atoms with Crippen LogP contribution in [0.4, 0.5) is 0 Å². The second-order valence-electron chi connectivity index (χ2n) is 5.55. The Morgan fingerprint density at radius 1 is 1.48 bits per heavy atom. The van der Waals surface area contributed by atoms with Gasteiger partial charge in [-0.15, -0.1) is 0 Å². The number of carboxylic acid groups (broad SMARTS) is 1. The van der Waals surface area contributed by atoms with Gasteiger partial charge in [0.15, 0.2) is 5.82 Å². The number of carboxylic acids is 1. The number of hydrogen-bond acceptors (Lipinski definition) is 7. The largest absolute Gasteiger partial charge is 0.547 e. The van der Waals surface area contributed by atoms with Crippen molar-refractivity contribution in [1.82, 2.24) is 20.1 Å². The van der Waals surface area contributed by atoms with Crippen LogP contribution in [0.2, 0.25) is 0 Å². The number of aromatic carboxylic acids is 1. The van der Waals surface area contributed by atoms with Gasteiger partial charge < -0.3 is 25.8 Å². The monoisotopic (exact) mass is 345 g/mol. The summed E-state index contributed by atoms with van der Waals surface area (Å²) in [5.74, 6) is -1.70. The summed E-state index contributed by atoms with van der Waals surface area (Å²) in [5.41, 5.74) is 5.98. The molecule has 130 valence electrons. The highest BCUT2D eigenvalue weighted by atomic mass is 16.5. The van der Waals surface area contributed by atoms with E-state index in [0.29, 0.717) is 11.4 Å². The lowest BCUT2D eigenvalue weighted by atomic mass is 9.72. The molecule has 0 spiro atoms. The van der Waals surface area contributed by atoms with Crippen LogP contribution in [0, 0.1) is 0 Å². The fraction of sp³-hybridized carbons (Fsp3) is 0.286. The number of fused-ring (bicyclic) bond motifs is 1. The molecule has 0 bridgehead atoms. The van der Waals surface area contributed by atoms with Crippen LogP contribution in [0.1, 0.15) is 21.7 Å². The Balaban J connectivity index is 1.68. The molecule has 3 rings (SSSR count). The first kappa shape index (κ1) is 16.9. The average molecular weight is 345 g/mol. The van der Waals surface area contributed by atoms with Gasteiger partial charge in [-0.05, 0) is 18.1 Å². The predicted molar refractivity (Wildman–Crippen MR) is 85.6 cm³/mol. The van der Waals surface area contributed by atoms with Crippen molar-refractivity contribution in [3.05, 3.63) is 41.5 Å². The Kier molecular flexibility index (Phi) is 4.68. The van der Waals surface area contributed by atoms with Gasteiger partial charge in [0.25, 0.3) is 0 Å². The summed E-state index contributed by atoms with van der Waals surface area (Å²) >= 11 is 0. The average Bonchev–Trinajstić information content (AvgIpc) is 3.02. The third-order valence-electron chi connectivity index (χ3n) is 3.77. The molecule has 0 saturated carbocycles. The third-order valence-corrected chi connectivity index (χ3v) is 3.77. The van der Waals surface area contributed by atoms with Gasteiger partial charge >= 0.3 is 13.1 Å². The van der Waals surface area contributed by atoms with Gasteiger partial charge in [0.1, 0.15) is 18.6 Å². The molecule has 2 heterocycles. The van der Waals surface area contributed by atoms with E-state index in [9.17, 15) is 14.6 Å². The van der Waals surface area contributed by atoms with Crippen molar-refractivity contribution in [2.24, 2.45) is 5.73 Å². The molecule has 1 aliphatic rings. The number of hydrogen-bond donors (Lipinski definition) is 4. The van der Waals surface area contributed by atoms with Crippen molar-refractivity contribution in [3.63, 3.8) is 0 Å². The van der Waals surface area contributed by atoms with Crippen molar-refractivity contribution < 1.29 is 24.4 Å².